The monoisotopic (exact) mass is 480 g/mol. The van der Waals surface area contributed by atoms with Crippen molar-refractivity contribution in [3.05, 3.63) is 0 Å². The highest BCUT2D eigenvalue weighted by Crippen LogP contribution is 2.03. The Labute approximate surface area is 181 Å². The Morgan fingerprint density at radius 1 is 0.406 bits per heavy atom. The van der Waals surface area contributed by atoms with Crippen LogP contribution in [0, 0.1) is 0 Å². The summed E-state index contributed by atoms with van der Waals surface area (Å²) in [4.78, 5) is 29.4. The number of hydrogen-bond donors (Lipinski definition) is 13. The molecule has 0 spiro atoms. The summed E-state index contributed by atoms with van der Waals surface area (Å²) in [6.07, 6.45) is -16.1. The van der Waals surface area contributed by atoms with Crippen LogP contribution in [0.1, 0.15) is 0 Å². The zero-order chi connectivity index (χ0) is 26.0. The SMILES string of the molecule is O=C[C@@H](O)[C@H](O)[C@H](O)CO.O=C[C@H](O)[C@@H](O)[C@H](O)CO.O=C[C@H](O)[C@@H](O)[C@H](O)[C@H](O)CO. The molecule has 0 unspecified atom stereocenters. The summed E-state index contributed by atoms with van der Waals surface area (Å²) in [5, 5.41) is 112. The number of aliphatic hydroxyl groups excluding tert-OH is 13. The lowest BCUT2D eigenvalue weighted by atomic mass is 10.0. The Morgan fingerprint density at radius 3 is 0.844 bits per heavy atom. The van der Waals surface area contributed by atoms with Crippen molar-refractivity contribution in [3.63, 3.8) is 0 Å². The van der Waals surface area contributed by atoms with Crippen LogP contribution in [0.3, 0.4) is 0 Å². The van der Waals surface area contributed by atoms with Crippen LogP contribution in [0.15, 0.2) is 0 Å². The van der Waals surface area contributed by atoms with Gasteiger partial charge in [0.25, 0.3) is 0 Å². The highest BCUT2D eigenvalue weighted by molar-refractivity contribution is 5.57. The van der Waals surface area contributed by atoms with Gasteiger partial charge in [-0.05, 0) is 0 Å². The molecule has 0 saturated heterocycles. The molecular formula is C16H32O16. The molecule has 0 aliphatic heterocycles. The molecule has 0 rings (SSSR count). The average molecular weight is 480 g/mol. The molecule has 0 aromatic carbocycles. The first-order valence-electron chi connectivity index (χ1n) is 8.80. The van der Waals surface area contributed by atoms with Gasteiger partial charge in [-0.3, -0.25) is 0 Å². The van der Waals surface area contributed by atoms with Gasteiger partial charge in [0, 0.05) is 0 Å². The summed E-state index contributed by atoms with van der Waals surface area (Å²) in [7, 11) is 0. The van der Waals surface area contributed by atoms with Crippen LogP contribution in [-0.2, 0) is 14.4 Å². The van der Waals surface area contributed by atoms with E-state index in [1.54, 1.807) is 0 Å². The normalized spacial score (nSPS) is 20.2. The molecule has 0 aromatic heterocycles. The minimum absolute atomic E-state index is 0.0258. The predicted octanol–water partition coefficient (Wildman–Crippen LogP) is -8.86. The molecule has 0 aromatic rings. The van der Waals surface area contributed by atoms with Gasteiger partial charge < -0.3 is 80.8 Å². The number of rotatable bonds is 13. The first kappa shape index (κ1) is 35.1. The lowest BCUT2D eigenvalue weighted by Gasteiger charge is -2.22. The van der Waals surface area contributed by atoms with Crippen LogP contribution in [0.5, 0.6) is 0 Å². The maximum Gasteiger partial charge on any atom is 0.151 e. The van der Waals surface area contributed by atoms with Crippen molar-refractivity contribution in [2.24, 2.45) is 0 Å². The fourth-order valence-electron chi connectivity index (χ4n) is 1.45. The highest BCUT2D eigenvalue weighted by Gasteiger charge is 2.29. The largest absolute Gasteiger partial charge is 0.394 e. The molecule has 32 heavy (non-hydrogen) atoms. The van der Waals surface area contributed by atoms with Gasteiger partial charge in [0.15, 0.2) is 18.9 Å². The first-order chi connectivity index (χ1) is 14.8. The second kappa shape index (κ2) is 20.1. The van der Waals surface area contributed by atoms with Crippen LogP contribution in [0.2, 0.25) is 0 Å². The summed E-state index contributed by atoms with van der Waals surface area (Å²) in [5.74, 6) is 0. The van der Waals surface area contributed by atoms with Crippen molar-refractivity contribution in [3.8, 4) is 0 Å². The molecule has 0 radical (unpaired) electrons. The molecule has 0 saturated carbocycles. The second-order valence-corrected chi connectivity index (χ2v) is 6.09. The van der Waals surface area contributed by atoms with Crippen LogP contribution in [0.4, 0.5) is 0 Å². The van der Waals surface area contributed by atoms with E-state index in [1.165, 1.54) is 0 Å². The molecule has 13 N–H and O–H groups in total. The fraction of sp³-hybridized carbons (Fsp3) is 0.812. The van der Waals surface area contributed by atoms with E-state index in [1.807, 2.05) is 0 Å². The zero-order valence-corrected chi connectivity index (χ0v) is 16.7. The molecule has 0 aliphatic rings. The van der Waals surface area contributed by atoms with Crippen molar-refractivity contribution in [1.82, 2.24) is 0 Å². The second-order valence-electron chi connectivity index (χ2n) is 6.09. The van der Waals surface area contributed by atoms with Gasteiger partial charge in [0.2, 0.25) is 0 Å². The number of hydrogen-bond acceptors (Lipinski definition) is 16. The zero-order valence-electron chi connectivity index (χ0n) is 16.7. The Morgan fingerprint density at radius 2 is 0.625 bits per heavy atom. The van der Waals surface area contributed by atoms with Crippen LogP contribution >= 0.6 is 0 Å². The van der Waals surface area contributed by atoms with E-state index in [9.17, 15) is 14.4 Å². The van der Waals surface area contributed by atoms with E-state index in [2.05, 4.69) is 0 Å². The third-order valence-corrected chi connectivity index (χ3v) is 3.56. The van der Waals surface area contributed by atoms with Gasteiger partial charge >= 0.3 is 0 Å². The maximum absolute atomic E-state index is 9.90. The maximum atomic E-state index is 9.90. The Kier molecular flexibility index (Phi) is 22.1. The molecular weight excluding hydrogens is 448 g/mol. The van der Waals surface area contributed by atoms with Crippen LogP contribution < -0.4 is 0 Å². The van der Waals surface area contributed by atoms with Crippen molar-refractivity contribution in [2.75, 3.05) is 19.8 Å². The van der Waals surface area contributed by atoms with Crippen LogP contribution in [-0.4, -0.2) is 166 Å². The molecule has 16 heteroatoms. The molecule has 0 aliphatic carbocycles. The molecule has 0 amide bonds. The third-order valence-electron chi connectivity index (χ3n) is 3.56. The van der Waals surface area contributed by atoms with E-state index < -0.39 is 80.9 Å². The lowest BCUT2D eigenvalue weighted by molar-refractivity contribution is -0.136. The number of carbonyl (C=O) groups is 3. The summed E-state index contributed by atoms with van der Waals surface area (Å²) in [6, 6.07) is 0. The van der Waals surface area contributed by atoms with Gasteiger partial charge in [0.05, 0.1) is 19.8 Å². The minimum Gasteiger partial charge on any atom is -0.394 e. The molecule has 10 atom stereocenters. The summed E-state index contributed by atoms with van der Waals surface area (Å²) in [6.45, 7) is -2.14. The number of carbonyl (C=O) groups excluding carboxylic acids is 3. The Bertz CT molecular complexity index is 453. The van der Waals surface area contributed by atoms with Gasteiger partial charge in [0.1, 0.15) is 61.0 Å². The molecule has 0 heterocycles. The van der Waals surface area contributed by atoms with Gasteiger partial charge in [-0.25, -0.2) is 0 Å². The summed E-state index contributed by atoms with van der Waals surface area (Å²) < 4.78 is 0. The number of aldehydes is 3. The van der Waals surface area contributed by atoms with E-state index >= 15 is 0 Å². The average Bonchev–Trinajstić information content (AvgIpc) is 2.84. The summed E-state index contributed by atoms with van der Waals surface area (Å²) >= 11 is 0. The van der Waals surface area contributed by atoms with Gasteiger partial charge in [-0.15, -0.1) is 0 Å². The standard InChI is InChI=1S/C6H12O6.2C5H10O5/c7-1-3(9)5(11)6(12)4(10)2-8;2*6-1-3(8)5(10)4(9)2-7/h1,3-6,8-12H,2H2;2*1,3-5,7-10H,2H2/t3-,4+,5+,6+;3-,4+,5+;3-,4-,5+/m001/s1. The van der Waals surface area contributed by atoms with Crippen molar-refractivity contribution in [1.29, 1.82) is 0 Å². The predicted molar refractivity (Wildman–Crippen MR) is 99.5 cm³/mol. The van der Waals surface area contributed by atoms with Gasteiger partial charge in [-0.1, -0.05) is 0 Å². The van der Waals surface area contributed by atoms with E-state index in [0.29, 0.717) is 0 Å². The molecule has 16 nitrogen and oxygen atoms in total. The highest BCUT2D eigenvalue weighted by atomic mass is 16.4. The lowest BCUT2D eigenvalue weighted by Crippen LogP contribution is -2.46. The minimum atomic E-state index is -1.79. The molecule has 0 fully saturated rings. The Hall–Kier alpha value is -1.51. The van der Waals surface area contributed by atoms with E-state index in [4.69, 9.17) is 66.4 Å². The summed E-state index contributed by atoms with van der Waals surface area (Å²) in [5.41, 5.74) is 0. The Balaban J connectivity index is -0.000000397. The molecule has 0 bridgehead atoms. The topological polar surface area (TPSA) is 314 Å². The fourth-order valence-corrected chi connectivity index (χ4v) is 1.45. The van der Waals surface area contributed by atoms with Gasteiger partial charge in [-0.2, -0.15) is 0 Å². The first-order valence-corrected chi connectivity index (χ1v) is 8.80. The quantitative estimate of drug-likeness (QED) is 0.109. The number of aliphatic hydroxyl groups is 13. The third kappa shape index (κ3) is 14.5. The van der Waals surface area contributed by atoms with E-state index in [-0.39, 0.29) is 18.9 Å². The van der Waals surface area contributed by atoms with Crippen molar-refractivity contribution < 1.29 is 80.8 Å². The molecule has 192 valence electrons. The van der Waals surface area contributed by atoms with Crippen LogP contribution in [0.25, 0.3) is 0 Å². The van der Waals surface area contributed by atoms with Crippen molar-refractivity contribution in [2.45, 2.75) is 61.0 Å². The van der Waals surface area contributed by atoms with Crippen molar-refractivity contribution >= 4 is 18.9 Å². The smallest absolute Gasteiger partial charge is 0.151 e. The van der Waals surface area contributed by atoms with E-state index in [0.717, 1.165) is 0 Å².